The second-order valence-electron chi connectivity index (χ2n) is 5.04. The summed E-state index contributed by atoms with van der Waals surface area (Å²) in [6.45, 7) is 0.467. The zero-order chi connectivity index (χ0) is 17.5. The van der Waals surface area contributed by atoms with Crippen LogP contribution in [0.3, 0.4) is 0 Å². The van der Waals surface area contributed by atoms with E-state index in [0.717, 1.165) is 0 Å². The summed E-state index contributed by atoms with van der Waals surface area (Å²) in [5, 5.41) is 15.4. The molecule has 0 unspecified atom stereocenters. The Morgan fingerprint density at radius 2 is 1.88 bits per heavy atom. The maximum atomic E-state index is 12.3. The van der Waals surface area contributed by atoms with Crippen LogP contribution < -0.4 is 14.8 Å². The number of benzene rings is 1. The smallest absolute Gasteiger partial charge is 0.303 e. The molecule has 0 aliphatic rings. The number of nitrogens with zero attached hydrogens (tertiary/aromatic N) is 2. The highest BCUT2D eigenvalue weighted by Crippen LogP contribution is 2.23. The molecule has 0 spiro atoms. The van der Waals surface area contributed by atoms with E-state index in [4.69, 9.17) is 14.6 Å². The van der Waals surface area contributed by atoms with Crippen LogP contribution in [0.5, 0.6) is 11.5 Å². The number of rotatable bonds is 8. The summed E-state index contributed by atoms with van der Waals surface area (Å²) in [4.78, 5) is 22.8. The number of methoxy groups -OCH3 is 2. The molecule has 8 heteroatoms. The van der Waals surface area contributed by atoms with E-state index in [2.05, 4.69) is 10.4 Å². The number of aliphatic carboxylic acids is 1. The molecular weight excluding hydrogens is 314 g/mol. The van der Waals surface area contributed by atoms with Gasteiger partial charge in [-0.2, -0.15) is 5.10 Å². The first-order valence-corrected chi connectivity index (χ1v) is 7.30. The van der Waals surface area contributed by atoms with Gasteiger partial charge in [-0.05, 0) is 18.6 Å². The Morgan fingerprint density at radius 3 is 2.46 bits per heavy atom. The van der Waals surface area contributed by atoms with Crippen molar-refractivity contribution in [2.24, 2.45) is 0 Å². The van der Waals surface area contributed by atoms with Gasteiger partial charge < -0.3 is 19.9 Å². The number of anilines is 1. The van der Waals surface area contributed by atoms with Gasteiger partial charge in [0.1, 0.15) is 11.5 Å². The number of aromatic nitrogens is 2. The summed E-state index contributed by atoms with van der Waals surface area (Å²) in [6.07, 6.45) is 3.70. The van der Waals surface area contributed by atoms with E-state index in [1.54, 1.807) is 29.1 Å². The van der Waals surface area contributed by atoms with Gasteiger partial charge in [0.05, 0.1) is 26.1 Å². The highest BCUT2D eigenvalue weighted by atomic mass is 16.5. The first kappa shape index (κ1) is 17.3. The highest BCUT2D eigenvalue weighted by molar-refractivity contribution is 6.04. The van der Waals surface area contributed by atoms with Crippen LogP contribution in [0, 0.1) is 0 Å². The minimum Gasteiger partial charge on any atom is -0.497 e. The van der Waals surface area contributed by atoms with Gasteiger partial charge in [-0.25, -0.2) is 0 Å². The van der Waals surface area contributed by atoms with Gasteiger partial charge in [0, 0.05) is 30.8 Å². The first-order chi connectivity index (χ1) is 11.5. The predicted molar refractivity (Wildman–Crippen MR) is 86.6 cm³/mol. The van der Waals surface area contributed by atoms with Crippen molar-refractivity contribution in [1.82, 2.24) is 9.78 Å². The predicted octanol–water partition coefficient (Wildman–Crippen LogP) is 2.02. The molecule has 1 aromatic heterocycles. The van der Waals surface area contributed by atoms with Crippen LogP contribution in [0.2, 0.25) is 0 Å². The van der Waals surface area contributed by atoms with E-state index in [9.17, 15) is 9.59 Å². The average molecular weight is 333 g/mol. The van der Waals surface area contributed by atoms with E-state index >= 15 is 0 Å². The topological polar surface area (TPSA) is 103 Å². The Labute approximate surface area is 139 Å². The highest BCUT2D eigenvalue weighted by Gasteiger charge is 2.11. The van der Waals surface area contributed by atoms with Gasteiger partial charge >= 0.3 is 5.97 Å². The number of nitrogens with one attached hydrogen (secondary N) is 1. The van der Waals surface area contributed by atoms with Crippen molar-refractivity contribution in [3.05, 3.63) is 36.2 Å². The summed E-state index contributed by atoms with van der Waals surface area (Å²) in [7, 11) is 3.02. The van der Waals surface area contributed by atoms with Crippen molar-refractivity contribution in [2.75, 3.05) is 19.5 Å². The number of aryl methyl sites for hydroxylation is 1. The van der Waals surface area contributed by atoms with Crippen LogP contribution in [0.25, 0.3) is 0 Å². The van der Waals surface area contributed by atoms with Gasteiger partial charge in [0.15, 0.2) is 0 Å². The summed E-state index contributed by atoms with van der Waals surface area (Å²) >= 11 is 0. The van der Waals surface area contributed by atoms with Crippen molar-refractivity contribution in [2.45, 2.75) is 19.4 Å². The molecule has 0 saturated carbocycles. The maximum absolute atomic E-state index is 12.3. The lowest BCUT2D eigenvalue weighted by Crippen LogP contribution is -2.12. The fraction of sp³-hybridized carbons (Fsp3) is 0.312. The quantitative estimate of drug-likeness (QED) is 0.766. The Kier molecular flexibility index (Phi) is 5.78. The third-order valence-electron chi connectivity index (χ3n) is 3.28. The monoisotopic (exact) mass is 333 g/mol. The normalized spacial score (nSPS) is 10.2. The molecule has 2 rings (SSSR count). The molecule has 0 fully saturated rings. The molecular formula is C16H19N3O5. The molecule has 2 N–H and O–H groups in total. The van der Waals surface area contributed by atoms with E-state index in [1.807, 2.05) is 0 Å². The van der Waals surface area contributed by atoms with Crippen molar-refractivity contribution in [1.29, 1.82) is 0 Å². The minimum atomic E-state index is -0.845. The molecule has 0 aliphatic carbocycles. The van der Waals surface area contributed by atoms with Crippen molar-refractivity contribution >= 4 is 17.6 Å². The maximum Gasteiger partial charge on any atom is 0.303 e. The Morgan fingerprint density at radius 1 is 1.21 bits per heavy atom. The number of hydrogen-bond donors (Lipinski definition) is 2. The SMILES string of the molecule is COc1cc(OC)cc(C(=O)Nc2cnn(CCCC(=O)O)c2)c1. The number of hydrogen-bond acceptors (Lipinski definition) is 5. The molecule has 128 valence electrons. The van der Waals surface area contributed by atoms with Gasteiger partial charge in [0.2, 0.25) is 0 Å². The summed E-state index contributed by atoms with van der Waals surface area (Å²) in [5.41, 5.74) is 0.918. The fourth-order valence-electron chi connectivity index (χ4n) is 2.08. The Bertz CT molecular complexity index is 704. The standard InChI is InChI=1S/C16H19N3O5/c1-23-13-6-11(7-14(8-13)24-2)16(22)18-12-9-17-19(10-12)5-3-4-15(20)21/h6-10H,3-5H2,1-2H3,(H,18,22)(H,20,21). The Hall–Kier alpha value is -3.03. The van der Waals surface area contributed by atoms with Crippen LogP contribution in [-0.2, 0) is 11.3 Å². The van der Waals surface area contributed by atoms with Crippen LogP contribution in [0.4, 0.5) is 5.69 Å². The summed E-state index contributed by atoms with van der Waals surface area (Å²) in [6, 6.07) is 4.89. The first-order valence-electron chi connectivity index (χ1n) is 7.30. The van der Waals surface area contributed by atoms with Gasteiger partial charge in [-0.3, -0.25) is 14.3 Å². The molecule has 0 bridgehead atoms. The van der Waals surface area contributed by atoms with E-state index in [-0.39, 0.29) is 12.3 Å². The van der Waals surface area contributed by atoms with Crippen LogP contribution in [0.1, 0.15) is 23.2 Å². The summed E-state index contributed by atoms with van der Waals surface area (Å²) in [5.74, 6) is -0.132. The van der Waals surface area contributed by atoms with Crippen LogP contribution >= 0.6 is 0 Å². The lowest BCUT2D eigenvalue weighted by Gasteiger charge is -2.08. The lowest BCUT2D eigenvalue weighted by atomic mass is 10.2. The van der Waals surface area contributed by atoms with E-state index in [0.29, 0.717) is 35.7 Å². The number of carbonyl (C=O) groups excluding carboxylic acids is 1. The van der Waals surface area contributed by atoms with Gasteiger partial charge in [-0.1, -0.05) is 0 Å². The van der Waals surface area contributed by atoms with Crippen LogP contribution in [-0.4, -0.2) is 41.0 Å². The lowest BCUT2D eigenvalue weighted by molar-refractivity contribution is -0.137. The van der Waals surface area contributed by atoms with Crippen molar-refractivity contribution < 1.29 is 24.2 Å². The zero-order valence-electron chi connectivity index (χ0n) is 13.5. The second kappa shape index (κ2) is 8.00. The largest absolute Gasteiger partial charge is 0.497 e. The number of carboxylic acids is 1. The molecule has 1 heterocycles. The molecule has 2 aromatic rings. The van der Waals surface area contributed by atoms with Gasteiger partial charge in [0.25, 0.3) is 5.91 Å². The molecule has 24 heavy (non-hydrogen) atoms. The third-order valence-corrected chi connectivity index (χ3v) is 3.28. The molecule has 8 nitrogen and oxygen atoms in total. The average Bonchev–Trinajstić information content (AvgIpc) is 3.01. The number of ether oxygens (including phenoxy) is 2. The van der Waals surface area contributed by atoms with Crippen LogP contribution in [0.15, 0.2) is 30.6 Å². The molecule has 0 radical (unpaired) electrons. The van der Waals surface area contributed by atoms with E-state index < -0.39 is 5.97 Å². The number of carboxylic acid groups (broad SMARTS) is 1. The molecule has 0 atom stereocenters. The van der Waals surface area contributed by atoms with Crippen molar-refractivity contribution in [3.8, 4) is 11.5 Å². The zero-order valence-corrected chi connectivity index (χ0v) is 13.5. The number of amides is 1. The second-order valence-corrected chi connectivity index (χ2v) is 5.04. The minimum absolute atomic E-state index is 0.0746. The van der Waals surface area contributed by atoms with Gasteiger partial charge in [-0.15, -0.1) is 0 Å². The molecule has 0 saturated heterocycles. The Balaban J connectivity index is 2.02. The number of carbonyl (C=O) groups is 2. The van der Waals surface area contributed by atoms with E-state index in [1.165, 1.54) is 20.4 Å². The molecule has 1 aromatic carbocycles. The fourth-order valence-corrected chi connectivity index (χ4v) is 2.08. The van der Waals surface area contributed by atoms with Crippen molar-refractivity contribution in [3.63, 3.8) is 0 Å². The summed E-state index contributed by atoms with van der Waals surface area (Å²) < 4.78 is 11.9. The third kappa shape index (κ3) is 4.73. The molecule has 0 aliphatic heterocycles. The molecule has 1 amide bonds.